The highest BCUT2D eigenvalue weighted by molar-refractivity contribution is 7.18. The molecule has 2 aromatic heterocycles. The third-order valence-electron chi connectivity index (χ3n) is 3.95. The van der Waals surface area contributed by atoms with Crippen LogP contribution in [0.1, 0.15) is 31.7 Å². The molecule has 0 saturated carbocycles. The Kier molecular flexibility index (Phi) is 5.60. The van der Waals surface area contributed by atoms with Crippen LogP contribution in [0.5, 0.6) is 0 Å². The predicted molar refractivity (Wildman–Crippen MR) is 104 cm³/mol. The highest BCUT2D eigenvalue weighted by atomic mass is 32.1. The van der Waals surface area contributed by atoms with Crippen molar-refractivity contribution in [1.29, 1.82) is 0 Å². The molecule has 140 valence electrons. The summed E-state index contributed by atoms with van der Waals surface area (Å²) < 4.78 is 1.10. The zero-order valence-corrected chi connectivity index (χ0v) is 15.7. The van der Waals surface area contributed by atoms with Crippen LogP contribution in [0.4, 0.5) is 5.13 Å². The molecule has 0 aliphatic carbocycles. The van der Waals surface area contributed by atoms with Gasteiger partial charge in [-0.1, -0.05) is 49.4 Å². The number of aromatic nitrogens is 4. The highest BCUT2D eigenvalue weighted by Crippen LogP contribution is 2.27. The second-order valence-electron chi connectivity index (χ2n) is 6.29. The number of amides is 1. The van der Waals surface area contributed by atoms with E-state index < -0.39 is 5.56 Å². The number of hydrogen-bond donors (Lipinski definition) is 2. The first-order chi connectivity index (χ1) is 12.9. The molecule has 1 amide bonds. The minimum Gasteiger partial charge on any atom is -0.300 e. The topological polar surface area (TPSA) is 110 Å². The van der Waals surface area contributed by atoms with Gasteiger partial charge in [0.25, 0.3) is 11.1 Å². The van der Waals surface area contributed by atoms with Gasteiger partial charge < -0.3 is 5.32 Å². The summed E-state index contributed by atoms with van der Waals surface area (Å²) in [6.45, 7) is 4.34. The van der Waals surface area contributed by atoms with Crippen molar-refractivity contribution in [2.24, 2.45) is 0 Å². The molecule has 0 radical (unpaired) electrons. The first-order valence-electron chi connectivity index (χ1n) is 8.46. The smallest absolute Gasteiger partial charge is 0.265 e. The van der Waals surface area contributed by atoms with Gasteiger partial charge in [0.15, 0.2) is 0 Å². The van der Waals surface area contributed by atoms with Crippen LogP contribution >= 0.6 is 11.3 Å². The Hall–Kier alpha value is -3.07. The van der Waals surface area contributed by atoms with E-state index in [1.165, 1.54) is 23.0 Å². The fourth-order valence-electron chi connectivity index (χ4n) is 2.42. The van der Waals surface area contributed by atoms with E-state index in [2.05, 4.69) is 46.6 Å². The van der Waals surface area contributed by atoms with Crippen LogP contribution in [0.15, 0.2) is 46.0 Å². The Morgan fingerprint density at radius 3 is 2.59 bits per heavy atom. The van der Waals surface area contributed by atoms with E-state index in [-0.39, 0.29) is 24.4 Å². The Morgan fingerprint density at radius 1 is 1.15 bits per heavy atom. The van der Waals surface area contributed by atoms with Gasteiger partial charge >= 0.3 is 0 Å². The van der Waals surface area contributed by atoms with Crippen LogP contribution in [0, 0.1) is 0 Å². The molecule has 8 nitrogen and oxygen atoms in total. The van der Waals surface area contributed by atoms with E-state index in [1.807, 2.05) is 12.1 Å². The number of carbonyl (C=O) groups excluding carboxylic acids is 1. The number of H-pyrrole nitrogens is 1. The lowest BCUT2D eigenvalue weighted by Gasteiger charge is -2.05. The Labute approximate surface area is 158 Å². The van der Waals surface area contributed by atoms with Crippen molar-refractivity contribution >= 4 is 22.4 Å². The Balaban J connectivity index is 1.61. The van der Waals surface area contributed by atoms with Gasteiger partial charge in [-0.3, -0.25) is 19.5 Å². The summed E-state index contributed by atoms with van der Waals surface area (Å²) in [5.41, 5.74) is 1.41. The molecular weight excluding hydrogens is 366 g/mol. The summed E-state index contributed by atoms with van der Waals surface area (Å²) in [4.78, 5) is 34.9. The molecule has 0 unspecified atom stereocenters. The van der Waals surface area contributed by atoms with Crippen LogP contribution in [-0.4, -0.2) is 25.9 Å². The molecular formula is C18H19N5O3S. The fraction of sp³-hybridized carbons (Fsp3) is 0.278. The van der Waals surface area contributed by atoms with Gasteiger partial charge in [0.2, 0.25) is 11.0 Å². The fourth-order valence-corrected chi connectivity index (χ4v) is 3.19. The summed E-state index contributed by atoms with van der Waals surface area (Å²) in [5, 5.41) is 14.2. The van der Waals surface area contributed by atoms with Gasteiger partial charge in [-0.25, -0.2) is 4.68 Å². The molecule has 0 aliphatic rings. The molecule has 2 N–H and O–H groups in total. The minimum absolute atomic E-state index is 0.0257. The quantitative estimate of drug-likeness (QED) is 0.676. The third kappa shape index (κ3) is 4.76. The van der Waals surface area contributed by atoms with Gasteiger partial charge in [0.05, 0.1) is 6.54 Å². The second-order valence-corrected chi connectivity index (χ2v) is 7.26. The Bertz CT molecular complexity index is 1050. The molecule has 0 saturated heterocycles. The molecule has 2 heterocycles. The van der Waals surface area contributed by atoms with Gasteiger partial charge in [-0.05, 0) is 11.5 Å². The van der Waals surface area contributed by atoms with Gasteiger partial charge in [-0.2, -0.15) is 0 Å². The number of aromatic amines is 1. The van der Waals surface area contributed by atoms with Gasteiger partial charge in [-0.15, -0.1) is 10.2 Å². The summed E-state index contributed by atoms with van der Waals surface area (Å²) in [5.74, 6) is 0.139. The second kappa shape index (κ2) is 8.09. The summed E-state index contributed by atoms with van der Waals surface area (Å²) in [7, 11) is 0. The molecule has 1 aromatic carbocycles. The number of hydrogen-bond acceptors (Lipinski definition) is 6. The van der Waals surface area contributed by atoms with Crippen molar-refractivity contribution in [3.8, 4) is 10.6 Å². The molecule has 0 spiro atoms. The van der Waals surface area contributed by atoms with Crippen LogP contribution < -0.4 is 16.4 Å². The normalized spacial score (nSPS) is 10.9. The van der Waals surface area contributed by atoms with Crippen molar-refractivity contribution in [3.63, 3.8) is 0 Å². The number of nitrogens with one attached hydrogen (secondary N) is 2. The van der Waals surface area contributed by atoms with E-state index in [0.717, 1.165) is 16.3 Å². The van der Waals surface area contributed by atoms with E-state index in [1.54, 1.807) is 0 Å². The lowest BCUT2D eigenvalue weighted by Crippen LogP contribution is -2.29. The maximum atomic E-state index is 12.1. The highest BCUT2D eigenvalue weighted by Gasteiger charge is 2.11. The zero-order chi connectivity index (χ0) is 19.4. The van der Waals surface area contributed by atoms with Crippen molar-refractivity contribution in [3.05, 3.63) is 62.7 Å². The molecule has 0 bridgehead atoms. The van der Waals surface area contributed by atoms with E-state index in [9.17, 15) is 14.4 Å². The third-order valence-corrected chi connectivity index (χ3v) is 4.83. The van der Waals surface area contributed by atoms with Crippen LogP contribution in [0.2, 0.25) is 0 Å². The lowest BCUT2D eigenvalue weighted by atomic mass is 10.0. The van der Waals surface area contributed by atoms with Crippen LogP contribution in [0.3, 0.4) is 0 Å². The van der Waals surface area contributed by atoms with Crippen molar-refractivity contribution < 1.29 is 4.79 Å². The van der Waals surface area contributed by atoms with Crippen LogP contribution in [-0.2, 0) is 11.3 Å². The molecule has 0 fully saturated rings. The molecule has 3 aromatic rings. The number of rotatable bonds is 6. The summed E-state index contributed by atoms with van der Waals surface area (Å²) in [6.07, 6.45) is 0.0257. The largest absolute Gasteiger partial charge is 0.300 e. The first kappa shape index (κ1) is 18.7. The molecule has 0 atom stereocenters. The van der Waals surface area contributed by atoms with Gasteiger partial charge in [0, 0.05) is 24.1 Å². The monoisotopic (exact) mass is 385 g/mol. The van der Waals surface area contributed by atoms with Crippen molar-refractivity contribution in [1.82, 2.24) is 20.0 Å². The SMILES string of the molecule is CC(C)c1ccc(-c2nnc(NC(=O)CCn3[nH]c(=O)ccc3=O)s2)cc1. The minimum atomic E-state index is -0.396. The maximum absolute atomic E-state index is 12.1. The van der Waals surface area contributed by atoms with Crippen molar-refractivity contribution in [2.75, 3.05) is 5.32 Å². The van der Waals surface area contributed by atoms with Crippen LogP contribution in [0.25, 0.3) is 10.6 Å². The number of benzene rings is 1. The standard InChI is InChI=1S/C18H19N5O3S/c1-11(2)12-3-5-13(6-4-12)17-20-21-18(27-17)19-14(24)9-10-23-16(26)8-7-15(25)22-23/h3-8,11H,9-10H2,1-2H3,(H,22,25)(H,19,21,24). The predicted octanol–water partition coefficient (Wildman–Crippen LogP) is 2.21. The molecule has 9 heteroatoms. The van der Waals surface area contributed by atoms with Gasteiger partial charge in [0.1, 0.15) is 5.01 Å². The molecule has 27 heavy (non-hydrogen) atoms. The average molecular weight is 385 g/mol. The molecule has 0 aliphatic heterocycles. The van der Waals surface area contributed by atoms with E-state index in [4.69, 9.17) is 0 Å². The summed E-state index contributed by atoms with van der Waals surface area (Å²) >= 11 is 1.28. The summed E-state index contributed by atoms with van der Waals surface area (Å²) in [6, 6.07) is 10.4. The zero-order valence-electron chi connectivity index (χ0n) is 14.9. The number of carbonyl (C=O) groups is 1. The average Bonchev–Trinajstić information content (AvgIpc) is 3.11. The van der Waals surface area contributed by atoms with Crippen molar-refractivity contribution in [2.45, 2.75) is 32.7 Å². The number of nitrogens with zero attached hydrogens (tertiary/aromatic N) is 3. The number of aryl methyl sites for hydroxylation is 1. The van der Waals surface area contributed by atoms with E-state index in [0.29, 0.717) is 16.1 Å². The lowest BCUT2D eigenvalue weighted by molar-refractivity contribution is -0.116. The maximum Gasteiger partial charge on any atom is 0.265 e. The molecule has 3 rings (SSSR count). The number of anilines is 1. The van der Waals surface area contributed by atoms with E-state index >= 15 is 0 Å². The first-order valence-corrected chi connectivity index (χ1v) is 9.28. The Morgan fingerprint density at radius 2 is 1.89 bits per heavy atom.